The molecule has 3 rings (SSSR count). The van der Waals surface area contributed by atoms with Crippen molar-refractivity contribution in [3.8, 4) is 0 Å². The second kappa shape index (κ2) is 4.68. The van der Waals surface area contributed by atoms with E-state index in [2.05, 4.69) is 9.38 Å². The summed E-state index contributed by atoms with van der Waals surface area (Å²) < 4.78 is 27.9. The third kappa shape index (κ3) is 2.23. The molecule has 0 spiro atoms. The molecule has 1 aromatic carbocycles. The average Bonchev–Trinajstić information content (AvgIpc) is 2.92. The Kier molecular flexibility index (Phi) is 3.10. The minimum atomic E-state index is -3.56. The summed E-state index contributed by atoms with van der Waals surface area (Å²) in [6.07, 6.45) is 0. The van der Waals surface area contributed by atoms with Crippen LogP contribution in [0.25, 0.3) is 0 Å². The first-order chi connectivity index (χ1) is 9.47. The molecule has 5 nitrogen and oxygen atoms in total. The Morgan fingerprint density at radius 3 is 2.75 bits per heavy atom. The molecule has 20 heavy (non-hydrogen) atoms. The maximum absolute atomic E-state index is 12.0. The molecule has 1 aliphatic heterocycles. The Labute approximate surface area is 121 Å². The van der Waals surface area contributed by atoms with E-state index >= 15 is 0 Å². The van der Waals surface area contributed by atoms with Crippen molar-refractivity contribution < 1.29 is 8.42 Å². The number of sulfonamides is 1. The van der Waals surface area contributed by atoms with Gasteiger partial charge in [-0.25, -0.2) is 4.98 Å². The van der Waals surface area contributed by atoms with E-state index in [9.17, 15) is 8.42 Å². The van der Waals surface area contributed by atoms with Crippen LogP contribution in [0.3, 0.4) is 0 Å². The summed E-state index contributed by atoms with van der Waals surface area (Å²) in [4.78, 5) is 6.48. The molecule has 2 aromatic rings. The number of fused-ring (bicyclic) bond motifs is 1. The van der Waals surface area contributed by atoms with Gasteiger partial charge in [-0.05, 0) is 19.1 Å². The second-order valence-electron chi connectivity index (χ2n) is 4.62. The van der Waals surface area contributed by atoms with Gasteiger partial charge in [0, 0.05) is 23.7 Å². The molecule has 0 fully saturated rings. The van der Waals surface area contributed by atoms with Crippen LogP contribution < -0.4 is 0 Å². The lowest BCUT2D eigenvalue weighted by Gasteiger charge is -2.17. The van der Waals surface area contributed by atoms with Crippen molar-refractivity contribution in [3.63, 3.8) is 0 Å². The van der Waals surface area contributed by atoms with Gasteiger partial charge in [0.25, 0.3) is 10.0 Å². The van der Waals surface area contributed by atoms with Crippen LogP contribution in [-0.2, 0) is 16.6 Å². The van der Waals surface area contributed by atoms with Gasteiger partial charge in [-0.1, -0.05) is 12.1 Å². The van der Waals surface area contributed by atoms with E-state index in [4.69, 9.17) is 0 Å². The average molecular weight is 307 g/mol. The van der Waals surface area contributed by atoms with E-state index in [1.807, 2.05) is 30.3 Å². The van der Waals surface area contributed by atoms with Crippen LogP contribution in [0.1, 0.15) is 16.3 Å². The Balaban J connectivity index is 1.95. The van der Waals surface area contributed by atoms with Crippen molar-refractivity contribution >= 4 is 27.2 Å². The zero-order chi connectivity index (χ0) is 14.3. The molecule has 0 saturated carbocycles. The SMILES string of the molecule is Cc1csc(CN(C)C2=NS(=O)(=O)c3ccccc32)n1. The molecule has 0 amide bonds. The molecule has 0 unspecified atom stereocenters. The normalized spacial score (nSPS) is 15.8. The number of aromatic nitrogens is 1. The first-order valence-electron chi connectivity index (χ1n) is 6.04. The number of aryl methyl sites for hydroxylation is 1. The zero-order valence-corrected chi connectivity index (χ0v) is 12.7. The zero-order valence-electron chi connectivity index (χ0n) is 11.1. The van der Waals surface area contributed by atoms with Crippen molar-refractivity contribution in [1.29, 1.82) is 0 Å². The van der Waals surface area contributed by atoms with Gasteiger partial charge in [0.1, 0.15) is 9.90 Å². The molecule has 7 heteroatoms. The molecule has 0 radical (unpaired) electrons. The van der Waals surface area contributed by atoms with Gasteiger partial charge < -0.3 is 4.90 Å². The van der Waals surface area contributed by atoms with Gasteiger partial charge >= 0.3 is 0 Å². The Bertz CT molecular complexity index is 793. The van der Waals surface area contributed by atoms with Crippen molar-refractivity contribution in [2.45, 2.75) is 18.4 Å². The maximum atomic E-state index is 12.0. The fourth-order valence-corrected chi connectivity index (χ4v) is 4.19. The number of hydrogen-bond donors (Lipinski definition) is 0. The van der Waals surface area contributed by atoms with E-state index in [-0.39, 0.29) is 4.90 Å². The highest BCUT2D eigenvalue weighted by Crippen LogP contribution is 2.27. The highest BCUT2D eigenvalue weighted by atomic mass is 32.2. The summed E-state index contributed by atoms with van der Waals surface area (Å²) in [6.45, 7) is 2.48. The van der Waals surface area contributed by atoms with Gasteiger partial charge in [-0.15, -0.1) is 15.7 Å². The number of amidine groups is 1. The van der Waals surface area contributed by atoms with Crippen LogP contribution in [0.5, 0.6) is 0 Å². The van der Waals surface area contributed by atoms with Gasteiger partial charge in [-0.3, -0.25) is 0 Å². The second-order valence-corrected chi connectivity index (χ2v) is 7.14. The quantitative estimate of drug-likeness (QED) is 0.851. The van der Waals surface area contributed by atoms with Crippen molar-refractivity contribution in [2.24, 2.45) is 4.40 Å². The molecule has 0 atom stereocenters. The third-order valence-electron chi connectivity index (χ3n) is 3.01. The van der Waals surface area contributed by atoms with E-state index in [0.717, 1.165) is 10.7 Å². The lowest BCUT2D eigenvalue weighted by Crippen LogP contribution is -2.25. The minimum Gasteiger partial charge on any atom is -0.352 e. The molecule has 2 heterocycles. The van der Waals surface area contributed by atoms with Crippen LogP contribution in [-0.4, -0.2) is 31.2 Å². The van der Waals surface area contributed by atoms with Crippen molar-refractivity contribution in [3.05, 3.63) is 45.9 Å². The van der Waals surface area contributed by atoms with Crippen LogP contribution in [0.15, 0.2) is 38.9 Å². The number of benzene rings is 1. The predicted molar refractivity (Wildman–Crippen MR) is 78.5 cm³/mol. The van der Waals surface area contributed by atoms with Gasteiger partial charge in [0.2, 0.25) is 0 Å². The maximum Gasteiger partial charge on any atom is 0.285 e. The summed E-state index contributed by atoms with van der Waals surface area (Å²) in [6, 6.07) is 6.89. The molecule has 104 valence electrons. The lowest BCUT2D eigenvalue weighted by molar-refractivity contribution is 0.500. The smallest absolute Gasteiger partial charge is 0.285 e. The van der Waals surface area contributed by atoms with Crippen LogP contribution in [0.4, 0.5) is 0 Å². The largest absolute Gasteiger partial charge is 0.352 e. The number of nitrogens with zero attached hydrogens (tertiary/aromatic N) is 3. The highest BCUT2D eigenvalue weighted by Gasteiger charge is 2.30. The van der Waals surface area contributed by atoms with Gasteiger partial charge in [0.15, 0.2) is 5.84 Å². The van der Waals surface area contributed by atoms with Crippen LogP contribution in [0, 0.1) is 6.92 Å². The van der Waals surface area contributed by atoms with Crippen LogP contribution >= 0.6 is 11.3 Å². The molecular weight excluding hydrogens is 294 g/mol. The molecular formula is C13H13N3O2S2. The third-order valence-corrected chi connectivity index (χ3v) is 5.29. The minimum absolute atomic E-state index is 0.275. The number of hydrogen-bond acceptors (Lipinski definition) is 5. The molecule has 0 aliphatic carbocycles. The summed E-state index contributed by atoms with van der Waals surface area (Å²) >= 11 is 1.56. The molecule has 0 N–H and O–H groups in total. The van der Waals surface area contributed by atoms with Gasteiger partial charge in [0.05, 0.1) is 6.54 Å². The van der Waals surface area contributed by atoms with E-state index in [1.54, 1.807) is 29.5 Å². The highest BCUT2D eigenvalue weighted by molar-refractivity contribution is 7.90. The van der Waals surface area contributed by atoms with Crippen molar-refractivity contribution in [1.82, 2.24) is 9.88 Å². The molecule has 0 bridgehead atoms. The Morgan fingerprint density at radius 2 is 2.05 bits per heavy atom. The fourth-order valence-electron chi connectivity index (χ4n) is 2.12. The van der Waals surface area contributed by atoms with Crippen LogP contribution in [0.2, 0.25) is 0 Å². The summed E-state index contributed by atoms with van der Waals surface area (Å²) in [7, 11) is -1.73. The standard InChI is InChI=1S/C13H13N3O2S2/c1-9-8-19-12(14-9)7-16(2)13-10-5-3-4-6-11(10)20(17,18)15-13/h3-6,8H,7H2,1-2H3. The number of rotatable bonds is 2. The lowest BCUT2D eigenvalue weighted by atomic mass is 10.2. The summed E-state index contributed by atoms with van der Waals surface area (Å²) in [5.41, 5.74) is 1.63. The number of thiazole rings is 1. The van der Waals surface area contributed by atoms with E-state index < -0.39 is 10.0 Å². The van der Waals surface area contributed by atoms with Gasteiger partial charge in [-0.2, -0.15) is 8.42 Å². The predicted octanol–water partition coefficient (Wildman–Crippen LogP) is 2.03. The monoisotopic (exact) mass is 307 g/mol. The summed E-state index contributed by atoms with van der Waals surface area (Å²) in [5.74, 6) is 0.480. The van der Waals surface area contributed by atoms with E-state index in [1.165, 1.54) is 0 Å². The molecule has 0 saturated heterocycles. The first kappa shape index (κ1) is 13.3. The first-order valence-corrected chi connectivity index (χ1v) is 8.36. The Hall–Kier alpha value is -1.73. The summed E-state index contributed by atoms with van der Waals surface area (Å²) in [5, 5.41) is 2.92. The van der Waals surface area contributed by atoms with Crippen molar-refractivity contribution in [2.75, 3.05) is 7.05 Å². The molecule has 1 aromatic heterocycles. The fraction of sp³-hybridized carbons (Fsp3) is 0.231. The van der Waals surface area contributed by atoms with E-state index in [0.29, 0.717) is 17.9 Å². The molecule has 1 aliphatic rings. The topological polar surface area (TPSA) is 62.6 Å². The Morgan fingerprint density at radius 1 is 1.30 bits per heavy atom.